The lowest BCUT2D eigenvalue weighted by molar-refractivity contribution is -0.117. The molecule has 0 spiro atoms. The summed E-state index contributed by atoms with van der Waals surface area (Å²) in [5, 5.41) is 11.1. The highest BCUT2D eigenvalue weighted by Crippen LogP contribution is 2.10. The van der Waals surface area contributed by atoms with E-state index in [1.165, 1.54) is 0 Å². The first kappa shape index (κ1) is 9.43. The maximum absolute atomic E-state index is 10.2. The highest BCUT2D eigenvalue weighted by Gasteiger charge is 2.15. The number of hydrogen-bond acceptors (Lipinski definition) is 2. The minimum absolute atomic E-state index is 0.0350. The minimum atomic E-state index is -0.554. The molecule has 10 heavy (non-hydrogen) atoms. The van der Waals surface area contributed by atoms with Crippen molar-refractivity contribution in [3.05, 3.63) is 6.92 Å². The second-order valence-electron chi connectivity index (χ2n) is 3.04. The first-order valence-corrected chi connectivity index (χ1v) is 3.12. The molecule has 0 bridgehead atoms. The van der Waals surface area contributed by atoms with Crippen molar-refractivity contribution in [3.63, 3.8) is 0 Å². The fraction of sp³-hybridized carbons (Fsp3) is 0.714. The van der Waals surface area contributed by atoms with Gasteiger partial charge in [-0.1, -0.05) is 13.8 Å². The second-order valence-corrected chi connectivity index (χ2v) is 3.04. The molecule has 58 valence electrons. The molecule has 3 heteroatoms. The van der Waals surface area contributed by atoms with Gasteiger partial charge < -0.3 is 10.4 Å². The number of nitrogens with one attached hydrogen (secondary N) is 1. The summed E-state index contributed by atoms with van der Waals surface area (Å²) in [5.41, 5.74) is -0.283. The predicted molar refractivity (Wildman–Crippen MR) is 38.2 cm³/mol. The summed E-state index contributed by atoms with van der Waals surface area (Å²) in [6, 6.07) is 0. The van der Waals surface area contributed by atoms with Crippen LogP contribution in [0.3, 0.4) is 0 Å². The lowest BCUT2D eigenvalue weighted by Gasteiger charge is -2.20. The van der Waals surface area contributed by atoms with Crippen molar-refractivity contribution in [2.45, 2.75) is 13.8 Å². The van der Waals surface area contributed by atoms with Crippen LogP contribution in [0.25, 0.3) is 0 Å². The largest absolute Gasteiger partial charge is 0.396 e. The van der Waals surface area contributed by atoms with Crippen molar-refractivity contribution in [3.8, 4) is 0 Å². The van der Waals surface area contributed by atoms with E-state index < -0.39 is 5.91 Å². The minimum Gasteiger partial charge on any atom is -0.396 e. The van der Waals surface area contributed by atoms with Crippen LogP contribution in [0.2, 0.25) is 0 Å². The van der Waals surface area contributed by atoms with Gasteiger partial charge in [-0.3, -0.25) is 4.79 Å². The van der Waals surface area contributed by atoms with Crippen molar-refractivity contribution < 1.29 is 9.90 Å². The van der Waals surface area contributed by atoms with Gasteiger partial charge in [0.15, 0.2) is 0 Å². The average Bonchev–Trinajstić information content (AvgIpc) is 1.85. The molecule has 0 aromatic carbocycles. The van der Waals surface area contributed by atoms with Gasteiger partial charge >= 0.3 is 0 Å². The van der Waals surface area contributed by atoms with Gasteiger partial charge in [-0.25, -0.2) is 0 Å². The molecule has 0 aliphatic rings. The van der Waals surface area contributed by atoms with Crippen LogP contribution in [0, 0.1) is 12.3 Å². The molecule has 0 fully saturated rings. The SMILES string of the molecule is [CH]C(=O)NCC(C)(C)CO. The molecule has 0 aromatic heterocycles. The molecule has 0 atom stereocenters. The molecular formula is C7H13NO2. The van der Waals surface area contributed by atoms with Crippen LogP contribution in [-0.4, -0.2) is 24.2 Å². The molecule has 0 rings (SSSR count). The van der Waals surface area contributed by atoms with E-state index in [9.17, 15) is 4.79 Å². The Bertz CT molecular complexity index is 121. The summed E-state index contributed by atoms with van der Waals surface area (Å²) in [4.78, 5) is 10.2. The number of carbonyl (C=O) groups is 1. The average molecular weight is 143 g/mol. The highest BCUT2D eigenvalue weighted by atomic mass is 16.3. The molecule has 0 saturated carbocycles. The van der Waals surface area contributed by atoms with Crippen molar-refractivity contribution in [2.24, 2.45) is 5.41 Å². The van der Waals surface area contributed by atoms with Crippen LogP contribution in [0.15, 0.2) is 0 Å². The van der Waals surface area contributed by atoms with Crippen LogP contribution >= 0.6 is 0 Å². The van der Waals surface area contributed by atoms with Crippen molar-refractivity contribution in [1.29, 1.82) is 0 Å². The molecule has 0 unspecified atom stereocenters. The second kappa shape index (κ2) is 3.56. The third-order valence-corrected chi connectivity index (χ3v) is 1.17. The van der Waals surface area contributed by atoms with Gasteiger partial charge in [-0.2, -0.15) is 0 Å². The summed E-state index contributed by atoms with van der Waals surface area (Å²) in [6.07, 6.45) is 0. The standard InChI is InChI=1S/C7H13NO2/c1-6(10)8-4-7(2,3)5-9/h1,9H,4-5H2,2-3H3,(H,8,10). The zero-order valence-electron chi connectivity index (χ0n) is 6.35. The van der Waals surface area contributed by atoms with E-state index in [0.29, 0.717) is 6.54 Å². The zero-order chi connectivity index (χ0) is 8.20. The first-order chi connectivity index (χ1) is 4.48. The Morgan fingerprint density at radius 1 is 1.70 bits per heavy atom. The number of aliphatic hydroxyl groups excluding tert-OH is 1. The molecule has 2 radical (unpaired) electrons. The lowest BCUT2D eigenvalue weighted by Crippen LogP contribution is -2.34. The van der Waals surface area contributed by atoms with Crippen LogP contribution in [0.1, 0.15) is 13.8 Å². The topological polar surface area (TPSA) is 49.3 Å². The van der Waals surface area contributed by atoms with Crippen LogP contribution in [0.5, 0.6) is 0 Å². The maximum atomic E-state index is 10.2. The van der Waals surface area contributed by atoms with E-state index >= 15 is 0 Å². The molecule has 0 aliphatic carbocycles. The Morgan fingerprint density at radius 3 is 2.50 bits per heavy atom. The molecular weight excluding hydrogens is 130 g/mol. The summed E-state index contributed by atoms with van der Waals surface area (Å²) in [7, 11) is 0. The van der Waals surface area contributed by atoms with Gasteiger partial charge in [0.05, 0.1) is 6.92 Å². The van der Waals surface area contributed by atoms with E-state index in [2.05, 4.69) is 5.32 Å². The third-order valence-electron chi connectivity index (χ3n) is 1.17. The number of carbonyl (C=O) groups excluding carboxylic acids is 1. The predicted octanol–water partition coefficient (Wildman–Crippen LogP) is -0.168. The third kappa shape index (κ3) is 4.32. The van der Waals surface area contributed by atoms with Crippen LogP contribution < -0.4 is 5.32 Å². The molecule has 0 aromatic rings. The Labute approximate surface area is 61.4 Å². The number of rotatable bonds is 3. The normalized spacial score (nSPS) is 11.2. The summed E-state index contributed by atoms with van der Waals surface area (Å²) in [6.45, 7) is 8.93. The lowest BCUT2D eigenvalue weighted by atomic mass is 9.95. The van der Waals surface area contributed by atoms with E-state index in [4.69, 9.17) is 12.0 Å². The Hall–Kier alpha value is -0.570. The summed E-state index contributed by atoms with van der Waals surface area (Å²) >= 11 is 0. The van der Waals surface area contributed by atoms with Gasteiger partial charge in [0.2, 0.25) is 5.91 Å². The van der Waals surface area contributed by atoms with Crippen molar-refractivity contribution in [2.75, 3.05) is 13.2 Å². The first-order valence-electron chi connectivity index (χ1n) is 3.12. The van der Waals surface area contributed by atoms with Crippen molar-refractivity contribution >= 4 is 5.91 Å². The monoisotopic (exact) mass is 143 g/mol. The fourth-order valence-corrected chi connectivity index (χ4v) is 0.382. The number of aliphatic hydroxyl groups is 1. The maximum Gasteiger partial charge on any atom is 0.224 e. The molecule has 0 heterocycles. The number of amides is 1. The Balaban J connectivity index is 3.56. The Morgan fingerprint density at radius 2 is 2.20 bits per heavy atom. The Kier molecular flexibility index (Phi) is 3.36. The van der Waals surface area contributed by atoms with Gasteiger partial charge in [0.25, 0.3) is 0 Å². The van der Waals surface area contributed by atoms with Gasteiger partial charge in [-0.15, -0.1) is 0 Å². The molecule has 3 nitrogen and oxygen atoms in total. The molecule has 1 amide bonds. The van der Waals surface area contributed by atoms with E-state index in [1.807, 2.05) is 13.8 Å². The zero-order valence-corrected chi connectivity index (χ0v) is 6.35. The van der Waals surface area contributed by atoms with E-state index in [-0.39, 0.29) is 12.0 Å². The molecule has 0 aliphatic heterocycles. The van der Waals surface area contributed by atoms with Crippen LogP contribution in [-0.2, 0) is 4.79 Å². The van der Waals surface area contributed by atoms with E-state index in [0.717, 1.165) is 0 Å². The molecule has 0 saturated heterocycles. The fourth-order valence-electron chi connectivity index (χ4n) is 0.382. The number of hydrogen-bond donors (Lipinski definition) is 2. The van der Waals surface area contributed by atoms with E-state index in [1.54, 1.807) is 0 Å². The summed E-state index contributed by atoms with van der Waals surface area (Å²) in [5.74, 6) is -0.554. The van der Waals surface area contributed by atoms with Crippen molar-refractivity contribution in [1.82, 2.24) is 5.32 Å². The summed E-state index contributed by atoms with van der Waals surface area (Å²) < 4.78 is 0. The molecule has 2 N–H and O–H groups in total. The van der Waals surface area contributed by atoms with Gasteiger partial charge in [0.1, 0.15) is 0 Å². The highest BCUT2D eigenvalue weighted by molar-refractivity contribution is 5.79. The quantitative estimate of drug-likeness (QED) is 0.576. The smallest absolute Gasteiger partial charge is 0.224 e. The van der Waals surface area contributed by atoms with Crippen LogP contribution in [0.4, 0.5) is 0 Å². The van der Waals surface area contributed by atoms with Gasteiger partial charge in [-0.05, 0) is 0 Å². The van der Waals surface area contributed by atoms with Gasteiger partial charge in [0, 0.05) is 18.6 Å².